The number of nitrogens with zero attached hydrogens (tertiary/aromatic N) is 1. The van der Waals surface area contributed by atoms with Crippen LogP contribution >= 0.6 is 0 Å². The highest BCUT2D eigenvalue weighted by molar-refractivity contribution is 5.21. The van der Waals surface area contributed by atoms with E-state index in [2.05, 4.69) is 43.0 Å². The molecule has 0 aliphatic carbocycles. The highest BCUT2D eigenvalue weighted by atomic mass is 16.5. The Morgan fingerprint density at radius 1 is 1.26 bits per heavy atom. The van der Waals surface area contributed by atoms with Gasteiger partial charge in [0.25, 0.3) is 0 Å². The third-order valence-corrected chi connectivity index (χ3v) is 3.05. The quantitative estimate of drug-likeness (QED) is 0.697. The highest BCUT2D eigenvalue weighted by Gasteiger charge is 2.08. The van der Waals surface area contributed by atoms with Crippen molar-refractivity contribution in [2.24, 2.45) is 0 Å². The first-order chi connectivity index (χ1) is 9.11. The van der Waals surface area contributed by atoms with Gasteiger partial charge in [0.05, 0.1) is 12.7 Å². The fourth-order valence-electron chi connectivity index (χ4n) is 1.95. The van der Waals surface area contributed by atoms with E-state index in [9.17, 15) is 5.11 Å². The molecule has 0 aliphatic rings. The van der Waals surface area contributed by atoms with Crippen molar-refractivity contribution in [3.63, 3.8) is 0 Å². The molecule has 0 spiro atoms. The van der Waals surface area contributed by atoms with E-state index in [1.165, 1.54) is 11.1 Å². The molecule has 1 rings (SSSR count). The molecule has 0 radical (unpaired) electrons. The maximum atomic E-state index is 9.87. The number of ether oxygens (including phenoxy) is 1. The zero-order valence-corrected chi connectivity index (χ0v) is 12.4. The van der Waals surface area contributed by atoms with Crippen molar-refractivity contribution in [1.82, 2.24) is 4.90 Å². The summed E-state index contributed by atoms with van der Waals surface area (Å²) in [6.45, 7) is 6.89. The van der Waals surface area contributed by atoms with Crippen molar-refractivity contribution in [2.75, 3.05) is 26.8 Å². The van der Waals surface area contributed by atoms with Crippen molar-refractivity contribution < 1.29 is 9.84 Å². The molecular formula is C16H27NO2. The fraction of sp³-hybridized carbons (Fsp3) is 0.625. The summed E-state index contributed by atoms with van der Waals surface area (Å²) in [5.74, 6) is 0. The fourth-order valence-corrected chi connectivity index (χ4v) is 1.95. The Hall–Kier alpha value is -0.900. The summed E-state index contributed by atoms with van der Waals surface area (Å²) in [6.07, 6.45) is 1.78. The summed E-state index contributed by atoms with van der Waals surface area (Å²) >= 11 is 0. The molecule has 19 heavy (non-hydrogen) atoms. The zero-order valence-electron chi connectivity index (χ0n) is 12.4. The second-order valence-electron chi connectivity index (χ2n) is 5.26. The lowest BCUT2D eigenvalue weighted by Gasteiger charge is -2.20. The first kappa shape index (κ1) is 16.2. The second kappa shape index (κ2) is 9.08. The van der Waals surface area contributed by atoms with Crippen LogP contribution in [0.4, 0.5) is 0 Å². The number of benzene rings is 1. The number of unbranched alkanes of at least 4 members (excludes halogenated alkanes) is 1. The second-order valence-corrected chi connectivity index (χ2v) is 5.26. The molecule has 3 heteroatoms. The van der Waals surface area contributed by atoms with Crippen LogP contribution < -0.4 is 0 Å². The standard InChI is InChI=1S/C16H27NO2/c1-4-5-10-19-13-16(18)12-17(3)11-15-8-6-14(2)7-9-15/h6-9,16,18H,4-5,10-13H2,1-3H3. The third-order valence-electron chi connectivity index (χ3n) is 3.05. The Morgan fingerprint density at radius 3 is 2.58 bits per heavy atom. The number of rotatable bonds is 9. The number of hydrogen-bond donors (Lipinski definition) is 1. The van der Waals surface area contributed by atoms with E-state index >= 15 is 0 Å². The van der Waals surface area contributed by atoms with Crippen molar-refractivity contribution in [2.45, 2.75) is 39.3 Å². The van der Waals surface area contributed by atoms with E-state index in [-0.39, 0.29) is 0 Å². The van der Waals surface area contributed by atoms with Crippen LogP contribution in [-0.4, -0.2) is 42.9 Å². The summed E-state index contributed by atoms with van der Waals surface area (Å²) in [7, 11) is 2.02. The van der Waals surface area contributed by atoms with Gasteiger partial charge in [-0.05, 0) is 26.0 Å². The molecule has 1 unspecified atom stereocenters. The normalized spacial score (nSPS) is 12.9. The maximum Gasteiger partial charge on any atom is 0.0900 e. The molecule has 0 aliphatic heterocycles. The molecule has 0 aromatic heterocycles. The lowest BCUT2D eigenvalue weighted by molar-refractivity contribution is 0.0188. The minimum atomic E-state index is -0.410. The van der Waals surface area contributed by atoms with Gasteiger partial charge in [-0.15, -0.1) is 0 Å². The van der Waals surface area contributed by atoms with Crippen LogP contribution in [0.3, 0.4) is 0 Å². The van der Waals surface area contributed by atoms with Gasteiger partial charge in [0, 0.05) is 19.7 Å². The first-order valence-corrected chi connectivity index (χ1v) is 7.11. The molecule has 1 aromatic carbocycles. The van der Waals surface area contributed by atoms with E-state index in [1.54, 1.807) is 0 Å². The number of aliphatic hydroxyl groups excluding tert-OH is 1. The highest BCUT2D eigenvalue weighted by Crippen LogP contribution is 2.06. The van der Waals surface area contributed by atoms with Crippen LogP contribution in [0.5, 0.6) is 0 Å². The van der Waals surface area contributed by atoms with E-state index in [4.69, 9.17) is 4.74 Å². The smallest absolute Gasteiger partial charge is 0.0900 e. The monoisotopic (exact) mass is 265 g/mol. The van der Waals surface area contributed by atoms with Crippen LogP contribution in [0.2, 0.25) is 0 Å². The minimum absolute atomic E-state index is 0.410. The average molecular weight is 265 g/mol. The van der Waals surface area contributed by atoms with Gasteiger partial charge in [-0.1, -0.05) is 43.2 Å². The molecule has 0 heterocycles. The van der Waals surface area contributed by atoms with Crippen LogP contribution in [0.1, 0.15) is 30.9 Å². The molecule has 0 saturated heterocycles. The molecule has 0 amide bonds. The van der Waals surface area contributed by atoms with Gasteiger partial charge in [-0.2, -0.15) is 0 Å². The molecular weight excluding hydrogens is 238 g/mol. The van der Waals surface area contributed by atoms with Gasteiger partial charge < -0.3 is 9.84 Å². The lowest BCUT2D eigenvalue weighted by atomic mass is 10.1. The van der Waals surface area contributed by atoms with Gasteiger partial charge in [-0.3, -0.25) is 4.90 Å². The summed E-state index contributed by atoms with van der Waals surface area (Å²) in [4.78, 5) is 2.12. The van der Waals surface area contributed by atoms with Crippen molar-refractivity contribution in [1.29, 1.82) is 0 Å². The lowest BCUT2D eigenvalue weighted by Crippen LogP contribution is -2.32. The largest absolute Gasteiger partial charge is 0.389 e. The Kier molecular flexibility index (Phi) is 7.72. The van der Waals surface area contributed by atoms with Crippen LogP contribution in [0, 0.1) is 6.92 Å². The topological polar surface area (TPSA) is 32.7 Å². The predicted molar refractivity (Wildman–Crippen MR) is 79.2 cm³/mol. The Morgan fingerprint density at radius 2 is 1.95 bits per heavy atom. The van der Waals surface area contributed by atoms with Crippen LogP contribution in [0.25, 0.3) is 0 Å². The summed E-state index contributed by atoms with van der Waals surface area (Å²) in [5.41, 5.74) is 2.54. The summed E-state index contributed by atoms with van der Waals surface area (Å²) in [6, 6.07) is 8.51. The van der Waals surface area contributed by atoms with E-state index in [1.807, 2.05) is 7.05 Å². The molecule has 0 bridgehead atoms. The van der Waals surface area contributed by atoms with Crippen molar-refractivity contribution in [3.05, 3.63) is 35.4 Å². The summed E-state index contributed by atoms with van der Waals surface area (Å²) in [5, 5.41) is 9.87. The third kappa shape index (κ3) is 7.31. The van der Waals surface area contributed by atoms with Crippen molar-refractivity contribution in [3.8, 4) is 0 Å². The van der Waals surface area contributed by atoms with E-state index < -0.39 is 6.10 Å². The van der Waals surface area contributed by atoms with Gasteiger partial charge in [0.1, 0.15) is 0 Å². The van der Waals surface area contributed by atoms with Gasteiger partial charge in [-0.25, -0.2) is 0 Å². The first-order valence-electron chi connectivity index (χ1n) is 7.11. The molecule has 1 atom stereocenters. The molecule has 1 aromatic rings. The number of likely N-dealkylation sites (N-methyl/N-ethyl adjacent to an activating group) is 1. The average Bonchev–Trinajstić information content (AvgIpc) is 2.37. The minimum Gasteiger partial charge on any atom is -0.389 e. The molecule has 3 nitrogen and oxygen atoms in total. The summed E-state index contributed by atoms with van der Waals surface area (Å²) < 4.78 is 5.43. The molecule has 0 saturated carbocycles. The molecule has 1 N–H and O–H groups in total. The Balaban J connectivity index is 2.22. The van der Waals surface area contributed by atoms with Gasteiger partial charge in [0.2, 0.25) is 0 Å². The SMILES string of the molecule is CCCCOCC(O)CN(C)Cc1ccc(C)cc1. The molecule has 0 fully saturated rings. The van der Waals surface area contributed by atoms with E-state index in [0.717, 1.165) is 26.0 Å². The number of aryl methyl sites for hydroxylation is 1. The number of hydrogen-bond acceptors (Lipinski definition) is 3. The van der Waals surface area contributed by atoms with Crippen molar-refractivity contribution >= 4 is 0 Å². The van der Waals surface area contributed by atoms with Gasteiger partial charge >= 0.3 is 0 Å². The molecule has 108 valence electrons. The Bertz CT molecular complexity index is 337. The van der Waals surface area contributed by atoms with Crippen LogP contribution in [0.15, 0.2) is 24.3 Å². The predicted octanol–water partition coefficient (Wildman–Crippen LogP) is 2.60. The Labute approximate surface area is 117 Å². The number of aliphatic hydroxyl groups is 1. The van der Waals surface area contributed by atoms with Gasteiger partial charge in [0.15, 0.2) is 0 Å². The zero-order chi connectivity index (χ0) is 14.1. The van der Waals surface area contributed by atoms with E-state index in [0.29, 0.717) is 13.2 Å². The van der Waals surface area contributed by atoms with Crippen LogP contribution in [-0.2, 0) is 11.3 Å². The maximum absolute atomic E-state index is 9.87.